The highest BCUT2D eigenvalue weighted by molar-refractivity contribution is 6.70. The second kappa shape index (κ2) is 30.0. The molecule has 2 atom stereocenters. The van der Waals surface area contributed by atoms with Gasteiger partial charge in [-0.1, -0.05) is 116 Å². The molecule has 2 aliphatic carbocycles. The van der Waals surface area contributed by atoms with Gasteiger partial charge in [0.05, 0.1) is 55.2 Å². The van der Waals surface area contributed by atoms with E-state index in [0.717, 1.165) is 68.9 Å². The Balaban J connectivity index is 0.000000327. The molecule has 2 unspecified atom stereocenters. The summed E-state index contributed by atoms with van der Waals surface area (Å²) in [6.45, 7) is 2.62. The summed E-state index contributed by atoms with van der Waals surface area (Å²) in [5.74, 6) is -0.858. The van der Waals surface area contributed by atoms with Gasteiger partial charge in [0.15, 0.2) is 5.78 Å². The van der Waals surface area contributed by atoms with Crippen molar-refractivity contribution >= 4 is 104 Å². The monoisotopic (exact) mass is 1100 g/mol. The number of rotatable bonds is 19. The first kappa shape index (κ1) is 62.6. The number of benzene rings is 4. The van der Waals surface area contributed by atoms with Crippen molar-refractivity contribution in [1.29, 1.82) is 0 Å². The van der Waals surface area contributed by atoms with E-state index in [4.69, 9.17) is 77.9 Å². The van der Waals surface area contributed by atoms with Crippen LogP contribution >= 0.6 is 58.0 Å². The molecule has 0 aliphatic heterocycles. The number of esters is 1. The highest BCUT2D eigenvalue weighted by Crippen LogP contribution is 2.44. The van der Waals surface area contributed by atoms with Crippen LogP contribution in [0.1, 0.15) is 110 Å². The Morgan fingerprint density at radius 3 is 1.37 bits per heavy atom. The topological polar surface area (TPSA) is 175 Å². The van der Waals surface area contributed by atoms with Crippen LogP contribution in [-0.4, -0.2) is 105 Å². The van der Waals surface area contributed by atoms with Crippen LogP contribution in [0.4, 0.5) is 11.4 Å². The molecule has 398 valence electrons. The van der Waals surface area contributed by atoms with Crippen LogP contribution in [0.15, 0.2) is 84.9 Å². The van der Waals surface area contributed by atoms with E-state index < -0.39 is 34.6 Å². The number of carbonyl (C=O) groups is 6. The number of ether oxygens (including phenoxy) is 3. The Morgan fingerprint density at radius 1 is 0.616 bits per heavy atom. The summed E-state index contributed by atoms with van der Waals surface area (Å²) >= 11 is 28.7. The number of nitrogens with one attached hydrogen (secondary N) is 1. The Morgan fingerprint density at radius 2 is 1.00 bits per heavy atom. The number of anilines is 2. The molecule has 2 saturated carbocycles. The molecular weight excluding hydrogens is 1040 g/mol. The highest BCUT2D eigenvalue weighted by atomic mass is 35.5. The smallest absolute Gasteiger partial charge is 0.328 e. The molecule has 0 spiro atoms. The minimum atomic E-state index is -0.773. The van der Waals surface area contributed by atoms with Crippen molar-refractivity contribution in [2.24, 2.45) is 10.8 Å². The van der Waals surface area contributed by atoms with E-state index in [1.807, 2.05) is 24.3 Å². The molecule has 73 heavy (non-hydrogen) atoms. The van der Waals surface area contributed by atoms with E-state index in [2.05, 4.69) is 5.32 Å². The molecular formula is C55H69Cl5N4O9. The molecule has 3 amide bonds. The molecule has 0 bridgehead atoms. The van der Waals surface area contributed by atoms with Crippen molar-refractivity contribution in [2.75, 3.05) is 59.7 Å². The minimum Gasteiger partial charge on any atom is -0.467 e. The summed E-state index contributed by atoms with van der Waals surface area (Å²) in [4.78, 5) is 78.3. The van der Waals surface area contributed by atoms with Gasteiger partial charge in [0.1, 0.15) is 6.04 Å². The third-order valence-corrected chi connectivity index (χ3v) is 15.0. The fourth-order valence-corrected chi connectivity index (χ4v) is 10.8. The molecule has 13 nitrogen and oxygen atoms in total. The first-order valence-corrected chi connectivity index (χ1v) is 25.6. The van der Waals surface area contributed by atoms with Crippen LogP contribution in [0, 0.1) is 10.8 Å². The molecule has 4 aromatic carbocycles. The summed E-state index contributed by atoms with van der Waals surface area (Å²) in [5.41, 5.74) is 8.27. The van der Waals surface area contributed by atoms with Gasteiger partial charge in [0.2, 0.25) is 11.8 Å². The first-order valence-electron chi connectivity index (χ1n) is 23.7. The number of likely N-dealkylation sites (N-methyl/N-ethyl adjacent to an activating group) is 2. The lowest BCUT2D eigenvalue weighted by atomic mass is 9.80. The maximum Gasteiger partial charge on any atom is 0.328 e. The number of hydrogen-bond acceptors (Lipinski definition) is 10. The van der Waals surface area contributed by atoms with E-state index >= 15 is 0 Å². The van der Waals surface area contributed by atoms with Gasteiger partial charge in [-0.3, -0.25) is 24.0 Å². The Kier molecular flexibility index (Phi) is 25.7. The van der Waals surface area contributed by atoms with Crippen LogP contribution in [0.25, 0.3) is 0 Å². The van der Waals surface area contributed by atoms with Crippen molar-refractivity contribution in [1.82, 2.24) is 9.80 Å². The molecule has 18 heteroatoms. The van der Waals surface area contributed by atoms with Gasteiger partial charge >= 0.3 is 5.97 Å². The number of carbonyl (C=O) groups excluding carboxylic acids is 6. The van der Waals surface area contributed by atoms with E-state index in [-0.39, 0.29) is 68.1 Å². The zero-order valence-electron chi connectivity index (χ0n) is 41.7. The molecule has 3 N–H and O–H groups in total. The maximum absolute atomic E-state index is 13.6. The third-order valence-electron chi connectivity index (χ3n) is 13.5. The molecule has 0 radical (unpaired) electrons. The average Bonchev–Trinajstić information content (AvgIpc) is 4.05. The lowest BCUT2D eigenvalue weighted by Crippen LogP contribution is -2.50. The van der Waals surface area contributed by atoms with Gasteiger partial charge < -0.3 is 35.1 Å². The number of nitrogens with zero attached hydrogens (tertiary/aromatic N) is 2. The van der Waals surface area contributed by atoms with Crippen LogP contribution in [0.3, 0.4) is 0 Å². The van der Waals surface area contributed by atoms with Crippen molar-refractivity contribution in [3.8, 4) is 0 Å². The van der Waals surface area contributed by atoms with Crippen LogP contribution in [0.5, 0.6) is 0 Å². The average molecular weight is 1110 g/mol. The summed E-state index contributed by atoms with van der Waals surface area (Å²) in [6.07, 6.45) is 9.57. The number of Topliss-reactive ketones (excluding diaryl/α,β-unsaturated/α-hetero) is 1. The predicted molar refractivity (Wildman–Crippen MR) is 293 cm³/mol. The zero-order chi connectivity index (χ0) is 53.2. The van der Waals surface area contributed by atoms with Gasteiger partial charge in [0, 0.05) is 59.3 Å². The molecule has 2 aliphatic rings. The number of amides is 3. The van der Waals surface area contributed by atoms with Crippen molar-refractivity contribution in [3.05, 3.63) is 127 Å². The first-order chi connectivity index (χ1) is 34.2. The molecule has 2 fully saturated rings. The second-order valence-electron chi connectivity index (χ2n) is 18.2. The van der Waals surface area contributed by atoms with E-state index in [1.54, 1.807) is 101 Å². The Hall–Kier alpha value is -4.73. The third kappa shape index (κ3) is 17.1. The number of nitrogens with two attached hydrogens (primary N) is 1. The predicted octanol–water partition coefficient (Wildman–Crippen LogP) is 12.2. The molecule has 0 heterocycles. The van der Waals surface area contributed by atoms with Crippen LogP contribution in [0.2, 0.25) is 20.1 Å². The minimum absolute atomic E-state index is 0. The Bertz CT molecular complexity index is 2440. The standard InChI is InChI=1S/C27H32Cl2N2O5.C20H30N2O3.C7H3Cl3O.CH4/c1-31(26(34)27(15-16-35-2)13-4-5-14-27)22(25(33)36-3)17-18-9-11-19(12-10-18)30-24(32)23-20(28)7-6-8-21(23)29;1-15(23)18(14-16-6-8-17(21)9-7-16)22(2)19(24)20(12-13-25-3)10-4-5-11-20;8-4-2-1-3-5(9)6(4)7(10)11;/h6-12,22H,4-5,13-17H2,1-3H3,(H,30,32);6-9,18H,4-5,10-14,21H2,1-3H3;1-3H;1H4. The van der Waals surface area contributed by atoms with Crippen LogP contribution in [-0.2, 0) is 46.2 Å². The second-order valence-corrected chi connectivity index (χ2v) is 20.2. The number of methoxy groups -OCH3 is 3. The molecule has 0 saturated heterocycles. The van der Waals surface area contributed by atoms with Gasteiger partial charge in [-0.25, -0.2) is 4.79 Å². The lowest BCUT2D eigenvalue weighted by Gasteiger charge is -2.36. The summed E-state index contributed by atoms with van der Waals surface area (Å²) in [6, 6.07) is 22.9. The van der Waals surface area contributed by atoms with E-state index in [9.17, 15) is 28.8 Å². The number of hydrogen-bond donors (Lipinski definition) is 2. The van der Waals surface area contributed by atoms with Crippen molar-refractivity contribution in [3.63, 3.8) is 0 Å². The van der Waals surface area contributed by atoms with Gasteiger partial charge in [-0.05, 0) is 123 Å². The van der Waals surface area contributed by atoms with Gasteiger partial charge in [-0.15, -0.1) is 0 Å². The van der Waals surface area contributed by atoms with Crippen LogP contribution < -0.4 is 11.1 Å². The van der Waals surface area contributed by atoms with E-state index in [1.165, 1.54) is 12.0 Å². The summed E-state index contributed by atoms with van der Waals surface area (Å²) in [7, 11) is 8.04. The van der Waals surface area contributed by atoms with Crippen molar-refractivity contribution in [2.45, 2.75) is 103 Å². The van der Waals surface area contributed by atoms with Crippen molar-refractivity contribution < 1.29 is 43.0 Å². The quantitative estimate of drug-likeness (QED) is 0.0522. The van der Waals surface area contributed by atoms with Gasteiger partial charge in [-0.2, -0.15) is 0 Å². The zero-order valence-corrected chi connectivity index (χ0v) is 45.5. The number of ketones is 1. The summed E-state index contributed by atoms with van der Waals surface area (Å²) < 4.78 is 15.5. The highest BCUT2D eigenvalue weighted by Gasteiger charge is 2.46. The lowest BCUT2D eigenvalue weighted by molar-refractivity contribution is -0.156. The number of nitrogen functional groups attached to an aromatic ring is 1. The molecule has 4 aromatic rings. The van der Waals surface area contributed by atoms with E-state index in [0.29, 0.717) is 37.4 Å². The SMILES string of the molecule is C.COCCC1(C(=O)N(C)C(Cc2ccc(N)cc2)C(C)=O)CCCC1.COCCC1(C(=O)N(C)C(Cc2ccc(NC(=O)c3c(Cl)cccc3Cl)cc2)C(=O)OC)CCCC1.O=C(Cl)c1c(Cl)cccc1Cl. The Labute approximate surface area is 455 Å². The fraction of sp³-hybridized carbons (Fsp3) is 0.455. The molecule has 0 aromatic heterocycles. The normalized spacial score (nSPS) is 14.9. The summed E-state index contributed by atoms with van der Waals surface area (Å²) in [5, 5.41) is 3.21. The fourth-order valence-electron chi connectivity index (χ4n) is 9.36. The maximum atomic E-state index is 13.6. The largest absolute Gasteiger partial charge is 0.467 e. The number of halogens is 5. The molecule has 6 rings (SSSR count). The van der Waals surface area contributed by atoms with Gasteiger partial charge in [0.25, 0.3) is 11.1 Å².